The summed E-state index contributed by atoms with van der Waals surface area (Å²) in [6, 6.07) is 2.02. The Kier molecular flexibility index (Phi) is 5.54. The van der Waals surface area contributed by atoms with E-state index < -0.39 is 5.60 Å². The lowest BCUT2D eigenvalue weighted by Gasteiger charge is -2.24. The van der Waals surface area contributed by atoms with Crippen LogP contribution in [0.1, 0.15) is 52.6 Å². The van der Waals surface area contributed by atoms with Crippen molar-refractivity contribution in [1.82, 2.24) is 9.97 Å². The largest absolute Gasteiger partial charge is 0.370 e. The van der Waals surface area contributed by atoms with Crippen molar-refractivity contribution in [3.63, 3.8) is 0 Å². The summed E-state index contributed by atoms with van der Waals surface area (Å²) in [6.07, 6.45) is 1.98. The topological polar surface area (TPSA) is 47.0 Å². The van der Waals surface area contributed by atoms with Gasteiger partial charge < -0.3 is 10.1 Å². The van der Waals surface area contributed by atoms with Crippen LogP contribution >= 0.6 is 0 Å². The lowest BCUT2D eigenvalue weighted by Crippen LogP contribution is -2.26. The summed E-state index contributed by atoms with van der Waals surface area (Å²) >= 11 is 0. The molecule has 0 aromatic carbocycles. The third-order valence-corrected chi connectivity index (χ3v) is 2.74. The summed E-state index contributed by atoms with van der Waals surface area (Å²) in [4.78, 5) is 9.14. The van der Waals surface area contributed by atoms with Gasteiger partial charge in [0.05, 0.1) is 0 Å². The molecule has 1 aromatic heterocycles. The number of aromatic nitrogens is 2. The lowest BCUT2D eigenvalue weighted by atomic mass is 10.1. The summed E-state index contributed by atoms with van der Waals surface area (Å²) in [5.41, 5.74) is 0.606. The fourth-order valence-electron chi connectivity index (χ4n) is 1.72. The number of nitrogens with one attached hydrogen (secondary N) is 1. The van der Waals surface area contributed by atoms with Crippen LogP contribution in [0.25, 0.3) is 0 Å². The molecular formula is C14H25N3O. The molecule has 0 fully saturated rings. The molecule has 0 amide bonds. The predicted octanol–water partition coefficient (Wildman–Crippen LogP) is 3.13. The Morgan fingerprint density at radius 2 is 1.94 bits per heavy atom. The normalized spacial score (nSPS) is 11.6. The highest BCUT2D eigenvalue weighted by atomic mass is 16.5. The first-order valence-electron chi connectivity index (χ1n) is 6.79. The van der Waals surface area contributed by atoms with Crippen LogP contribution in [0.2, 0.25) is 0 Å². The van der Waals surface area contributed by atoms with E-state index in [4.69, 9.17) is 4.74 Å². The first kappa shape index (κ1) is 14.9. The van der Waals surface area contributed by atoms with Gasteiger partial charge in [-0.1, -0.05) is 13.8 Å². The second-order valence-corrected chi connectivity index (χ2v) is 4.79. The predicted molar refractivity (Wildman–Crippen MR) is 74.8 cm³/mol. The van der Waals surface area contributed by atoms with E-state index >= 15 is 0 Å². The second kappa shape index (κ2) is 6.69. The van der Waals surface area contributed by atoms with E-state index in [1.165, 1.54) is 0 Å². The first-order chi connectivity index (χ1) is 8.53. The SMILES string of the molecule is CCCNc1cc(CC)nc(C(C)(C)OCC)n1. The summed E-state index contributed by atoms with van der Waals surface area (Å²) in [5.74, 6) is 1.65. The molecule has 1 rings (SSSR count). The van der Waals surface area contributed by atoms with E-state index in [1.807, 2.05) is 26.8 Å². The third kappa shape index (κ3) is 3.95. The van der Waals surface area contributed by atoms with Crippen molar-refractivity contribution in [3.8, 4) is 0 Å². The smallest absolute Gasteiger partial charge is 0.162 e. The highest BCUT2D eigenvalue weighted by Crippen LogP contribution is 2.23. The molecule has 0 atom stereocenters. The van der Waals surface area contributed by atoms with Gasteiger partial charge in [-0.15, -0.1) is 0 Å². The maximum Gasteiger partial charge on any atom is 0.162 e. The van der Waals surface area contributed by atoms with E-state index in [0.29, 0.717) is 6.61 Å². The molecule has 1 N–H and O–H groups in total. The number of anilines is 1. The number of nitrogens with zero attached hydrogens (tertiary/aromatic N) is 2. The molecule has 0 aliphatic heterocycles. The molecule has 0 unspecified atom stereocenters. The Hall–Kier alpha value is -1.16. The average Bonchev–Trinajstić information content (AvgIpc) is 2.35. The van der Waals surface area contributed by atoms with Crippen molar-refractivity contribution in [3.05, 3.63) is 17.6 Å². The second-order valence-electron chi connectivity index (χ2n) is 4.79. The molecule has 0 bridgehead atoms. The van der Waals surface area contributed by atoms with Crippen LogP contribution in [0, 0.1) is 0 Å². The molecule has 1 aromatic rings. The summed E-state index contributed by atoms with van der Waals surface area (Å²) in [5, 5.41) is 3.32. The van der Waals surface area contributed by atoms with Crippen molar-refractivity contribution >= 4 is 5.82 Å². The van der Waals surface area contributed by atoms with E-state index in [-0.39, 0.29) is 0 Å². The van der Waals surface area contributed by atoms with Crippen LogP contribution < -0.4 is 5.32 Å². The molecule has 0 radical (unpaired) electrons. The Bertz CT molecular complexity index is 377. The van der Waals surface area contributed by atoms with Gasteiger partial charge >= 0.3 is 0 Å². The van der Waals surface area contributed by atoms with Crippen LogP contribution in [0.4, 0.5) is 5.82 Å². The minimum absolute atomic E-state index is 0.442. The molecule has 0 saturated carbocycles. The van der Waals surface area contributed by atoms with Gasteiger partial charge in [-0.3, -0.25) is 0 Å². The summed E-state index contributed by atoms with van der Waals surface area (Å²) in [7, 11) is 0. The molecule has 1 heterocycles. The van der Waals surface area contributed by atoms with Crippen LogP contribution in [-0.4, -0.2) is 23.1 Å². The Balaban J connectivity index is 3.03. The zero-order chi connectivity index (χ0) is 13.6. The van der Waals surface area contributed by atoms with Crippen molar-refractivity contribution in [2.24, 2.45) is 0 Å². The first-order valence-corrected chi connectivity index (χ1v) is 6.79. The summed E-state index contributed by atoms with van der Waals surface area (Å²) < 4.78 is 5.72. The zero-order valence-corrected chi connectivity index (χ0v) is 12.2. The molecule has 4 heteroatoms. The lowest BCUT2D eigenvalue weighted by molar-refractivity contribution is -0.0208. The number of ether oxygens (including phenoxy) is 1. The fourth-order valence-corrected chi connectivity index (χ4v) is 1.72. The van der Waals surface area contributed by atoms with Gasteiger partial charge in [-0.25, -0.2) is 9.97 Å². The molecule has 102 valence electrons. The number of hydrogen-bond donors (Lipinski definition) is 1. The monoisotopic (exact) mass is 251 g/mol. The molecule has 0 aliphatic rings. The Morgan fingerprint density at radius 1 is 1.22 bits per heavy atom. The van der Waals surface area contributed by atoms with Gasteiger partial charge in [0.15, 0.2) is 5.82 Å². The van der Waals surface area contributed by atoms with Crippen LogP contribution in [0.15, 0.2) is 6.07 Å². The van der Waals surface area contributed by atoms with Crippen LogP contribution in [-0.2, 0) is 16.8 Å². The molecular weight excluding hydrogens is 226 g/mol. The van der Waals surface area contributed by atoms with Crippen LogP contribution in [0.5, 0.6) is 0 Å². The molecule has 4 nitrogen and oxygen atoms in total. The Labute approximate surface area is 110 Å². The standard InChI is InChI=1S/C14H25N3O/c1-6-9-15-12-10-11(7-2)16-13(17-12)14(4,5)18-8-3/h10H,6-9H2,1-5H3,(H,15,16,17). The number of hydrogen-bond acceptors (Lipinski definition) is 4. The molecule has 0 spiro atoms. The van der Waals surface area contributed by atoms with Gasteiger partial charge in [0.25, 0.3) is 0 Å². The van der Waals surface area contributed by atoms with Crippen molar-refractivity contribution in [1.29, 1.82) is 0 Å². The molecule has 0 saturated heterocycles. The minimum Gasteiger partial charge on any atom is -0.370 e. The van der Waals surface area contributed by atoms with Gasteiger partial charge in [0.1, 0.15) is 11.4 Å². The van der Waals surface area contributed by atoms with E-state index in [2.05, 4.69) is 29.1 Å². The summed E-state index contributed by atoms with van der Waals surface area (Å²) in [6.45, 7) is 11.8. The van der Waals surface area contributed by atoms with Crippen molar-refractivity contribution in [2.45, 2.75) is 53.1 Å². The maximum atomic E-state index is 5.72. The quantitative estimate of drug-likeness (QED) is 0.808. The fraction of sp³-hybridized carbons (Fsp3) is 0.714. The highest BCUT2D eigenvalue weighted by Gasteiger charge is 2.25. The minimum atomic E-state index is -0.442. The van der Waals surface area contributed by atoms with Gasteiger partial charge in [0.2, 0.25) is 0 Å². The Morgan fingerprint density at radius 3 is 2.50 bits per heavy atom. The van der Waals surface area contributed by atoms with Gasteiger partial charge in [0, 0.05) is 24.9 Å². The van der Waals surface area contributed by atoms with E-state index in [0.717, 1.165) is 36.7 Å². The van der Waals surface area contributed by atoms with Crippen molar-refractivity contribution in [2.75, 3.05) is 18.5 Å². The average molecular weight is 251 g/mol. The van der Waals surface area contributed by atoms with Gasteiger partial charge in [-0.2, -0.15) is 0 Å². The van der Waals surface area contributed by atoms with E-state index in [1.54, 1.807) is 0 Å². The van der Waals surface area contributed by atoms with Crippen LogP contribution in [0.3, 0.4) is 0 Å². The van der Waals surface area contributed by atoms with E-state index in [9.17, 15) is 0 Å². The van der Waals surface area contributed by atoms with Crippen molar-refractivity contribution < 1.29 is 4.74 Å². The third-order valence-electron chi connectivity index (χ3n) is 2.74. The van der Waals surface area contributed by atoms with Gasteiger partial charge in [-0.05, 0) is 33.6 Å². The highest BCUT2D eigenvalue weighted by molar-refractivity contribution is 5.36. The zero-order valence-electron chi connectivity index (χ0n) is 12.2. The maximum absolute atomic E-state index is 5.72. The number of aryl methyl sites for hydroxylation is 1. The molecule has 0 aliphatic carbocycles. The molecule has 18 heavy (non-hydrogen) atoms. The number of rotatable bonds is 7.